The molecule has 0 aliphatic rings. The van der Waals surface area contributed by atoms with E-state index in [9.17, 15) is 10.1 Å². The molecular weight excluding hydrogens is 350 g/mol. The van der Waals surface area contributed by atoms with Gasteiger partial charge in [0.1, 0.15) is 13.1 Å². The van der Waals surface area contributed by atoms with Crippen LogP contribution in [0.15, 0.2) is 17.5 Å². The summed E-state index contributed by atoms with van der Waals surface area (Å²) in [6.07, 6.45) is 2.55. The van der Waals surface area contributed by atoms with Gasteiger partial charge in [-0.05, 0) is 12.1 Å². The van der Waals surface area contributed by atoms with Crippen molar-refractivity contribution in [2.75, 3.05) is 6.61 Å². The molecule has 2 aromatic rings. The molecule has 1 N–H and O–H groups in total. The zero-order valence-corrected chi connectivity index (χ0v) is 15.5. The van der Waals surface area contributed by atoms with Crippen LogP contribution in [-0.2, 0) is 11.5 Å². The van der Waals surface area contributed by atoms with Gasteiger partial charge in [0.05, 0.1) is 21.6 Å². The molecule has 0 aliphatic heterocycles. The number of ether oxygens (including phenoxy) is 1. The highest BCUT2D eigenvalue weighted by atomic mass is 32.1. The maximum absolute atomic E-state index is 11.0. The maximum Gasteiger partial charge on any atom is 0.333 e. The fourth-order valence-electron chi connectivity index (χ4n) is 1.81. The number of aromatic nitrogens is 3. The van der Waals surface area contributed by atoms with E-state index in [1.54, 1.807) is 4.68 Å². The quantitative estimate of drug-likeness (QED) is 0.191. The molecule has 0 saturated heterocycles. The van der Waals surface area contributed by atoms with Crippen LogP contribution in [0, 0.1) is 10.1 Å². The number of nitro groups is 1. The van der Waals surface area contributed by atoms with Crippen LogP contribution >= 0.6 is 11.3 Å². The van der Waals surface area contributed by atoms with Crippen LogP contribution in [0.1, 0.15) is 5.56 Å². The van der Waals surface area contributed by atoms with Gasteiger partial charge in [0.2, 0.25) is 0 Å². The van der Waals surface area contributed by atoms with Crippen LogP contribution in [0.3, 0.4) is 0 Å². The van der Waals surface area contributed by atoms with Gasteiger partial charge in [0.15, 0.2) is 5.82 Å². The van der Waals surface area contributed by atoms with Crippen LogP contribution in [0.25, 0.3) is 10.7 Å². The SMILES string of the molecule is C[Si](C)(C)CCOCn1cnc(-c2cc(/C=N/O)c([N+](=O)[O-])s2)n1. The van der Waals surface area contributed by atoms with Gasteiger partial charge in [0.25, 0.3) is 0 Å². The Labute approximate surface area is 143 Å². The monoisotopic (exact) mass is 369 g/mol. The largest absolute Gasteiger partial charge is 0.411 e. The van der Waals surface area contributed by atoms with E-state index in [2.05, 4.69) is 34.9 Å². The number of rotatable bonds is 8. The summed E-state index contributed by atoms with van der Waals surface area (Å²) in [6.45, 7) is 7.80. The fourth-order valence-corrected chi connectivity index (χ4v) is 3.45. The minimum Gasteiger partial charge on any atom is -0.411 e. The summed E-state index contributed by atoms with van der Waals surface area (Å²) >= 11 is 0.931. The lowest BCUT2D eigenvalue weighted by atomic mass is 10.3. The third kappa shape index (κ3) is 4.94. The lowest BCUT2D eigenvalue weighted by Gasteiger charge is -2.15. The average molecular weight is 369 g/mol. The summed E-state index contributed by atoms with van der Waals surface area (Å²) in [4.78, 5) is 15.2. The standard InChI is InChI=1S/C13H19N5O4SSi/c1-24(2,3)5-4-22-9-17-8-14-12(16-17)11-6-10(7-15-19)13(23-11)18(20)21/h6-8,19H,4-5,9H2,1-3H3/b15-7+. The molecule has 0 unspecified atom stereocenters. The summed E-state index contributed by atoms with van der Waals surface area (Å²) < 4.78 is 7.13. The average Bonchev–Trinajstić information content (AvgIpc) is 3.09. The van der Waals surface area contributed by atoms with Crippen LogP contribution < -0.4 is 0 Å². The zero-order valence-electron chi connectivity index (χ0n) is 13.7. The second-order valence-corrected chi connectivity index (χ2v) is 13.0. The molecule has 0 amide bonds. The van der Waals surface area contributed by atoms with Crippen LogP contribution in [0.4, 0.5) is 5.00 Å². The van der Waals surface area contributed by atoms with E-state index in [1.165, 1.54) is 12.4 Å². The molecule has 0 atom stereocenters. The van der Waals surface area contributed by atoms with Crippen molar-refractivity contribution in [2.24, 2.45) is 5.16 Å². The van der Waals surface area contributed by atoms with E-state index in [-0.39, 0.29) is 17.3 Å². The first kappa shape index (κ1) is 18.2. The number of oxime groups is 1. The first-order chi connectivity index (χ1) is 11.3. The lowest BCUT2D eigenvalue weighted by molar-refractivity contribution is -0.380. The van der Waals surface area contributed by atoms with Gasteiger partial charge in [-0.2, -0.15) is 0 Å². The molecule has 9 nitrogen and oxygen atoms in total. The third-order valence-electron chi connectivity index (χ3n) is 3.08. The minimum absolute atomic E-state index is 0.120. The predicted molar refractivity (Wildman–Crippen MR) is 93.5 cm³/mol. The van der Waals surface area contributed by atoms with Crippen molar-refractivity contribution >= 4 is 30.6 Å². The number of hydrogen-bond acceptors (Lipinski definition) is 8. The Bertz CT molecular complexity index is 737. The van der Waals surface area contributed by atoms with E-state index >= 15 is 0 Å². The third-order valence-corrected chi connectivity index (χ3v) is 5.88. The molecule has 0 aliphatic carbocycles. The number of thiophene rings is 1. The van der Waals surface area contributed by atoms with Gasteiger partial charge in [-0.3, -0.25) is 10.1 Å². The fraction of sp³-hybridized carbons (Fsp3) is 0.462. The Morgan fingerprint density at radius 3 is 2.92 bits per heavy atom. The minimum atomic E-state index is -1.13. The Hall–Kier alpha value is -2.11. The first-order valence-electron chi connectivity index (χ1n) is 7.23. The van der Waals surface area contributed by atoms with Crippen molar-refractivity contribution in [3.8, 4) is 10.7 Å². The molecule has 0 fully saturated rings. The zero-order chi connectivity index (χ0) is 17.7. The molecule has 0 bridgehead atoms. The second-order valence-electron chi connectivity index (χ2n) is 6.33. The van der Waals surface area contributed by atoms with Gasteiger partial charge in [-0.15, -0.1) is 5.10 Å². The molecule has 0 saturated carbocycles. The number of nitrogens with zero attached hydrogens (tertiary/aromatic N) is 5. The first-order valence-corrected chi connectivity index (χ1v) is 11.8. The molecular formula is C13H19N5O4SSi. The van der Waals surface area contributed by atoms with Crippen molar-refractivity contribution in [1.82, 2.24) is 14.8 Å². The Kier molecular flexibility index (Phi) is 5.80. The summed E-state index contributed by atoms with van der Waals surface area (Å²) in [6, 6.07) is 2.59. The van der Waals surface area contributed by atoms with Gasteiger partial charge in [-0.25, -0.2) is 9.67 Å². The van der Waals surface area contributed by atoms with E-state index < -0.39 is 13.0 Å². The van der Waals surface area contributed by atoms with Crippen molar-refractivity contribution < 1.29 is 14.9 Å². The van der Waals surface area contributed by atoms with Crippen LogP contribution in [-0.4, -0.2) is 45.8 Å². The van der Waals surface area contributed by atoms with Crippen molar-refractivity contribution in [3.05, 3.63) is 28.1 Å². The lowest BCUT2D eigenvalue weighted by Crippen LogP contribution is -2.22. The summed E-state index contributed by atoms with van der Waals surface area (Å²) in [5.41, 5.74) is 0.213. The summed E-state index contributed by atoms with van der Waals surface area (Å²) in [5.74, 6) is 0.370. The maximum atomic E-state index is 11.0. The molecule has 2 aromatic heterocycles. The van der Waals surface area contributed by atoms with Crippen molar-refractivity contribution in [1.29, 1.82) is 0 Å². The molecule has 2 rings (SSSR count). The predicted octanol–water partition coefficient (Wildman–Crippen LogP) is 3.04. The Morgan fingerprint density at radius 1 is 1.54 bits per heavy atom. The molecule has 11 heteroatoms. The van der Waals surface area contributed by atoms with Gasteiger partial charge < -0.3 is 9.94 Å². The van der Waals surface area contributed by atoms with Crippen LogP contribution in [0.2, 0.25) is 25.7 Å². The van der Waals surface area contributed by atoms with Crippen molar-refractivity contribution in [2.45, 2.75) is 32.4 Å². The smallest absolute Gasteiger partial charge is 0.333 e. The molecule has 2 heterocycles. The Balaban J connectivity index is 2.05. The van der Waals surface area contributed by atoms with E-state index in [4.69, 9.17) is 9.94 Å². The van der Waals surface area contributed by atoms with Gasteiger partial charge >= 0.3 is 5.00 Å². The normalized spacial score (nSPS) is 12.1. The Morgan fingerprint density at radius 2 is 2.29 bits per heavy atom. The molecule has 0 aromatic carbocycles. The van der Waals surface area contributed by atoms with Gasteiger partial charge in [-0.1, -0.05) is 36.1 Å². The van der Waals surface area contributed by atoms with Crippen molar-refractivity contribution in [3.63, 3.8) is 0 Å². The van der Waals surface area contributed by atoms with E-state index in [0.717, 1.165) is 23.6 Å². The molecule has 24 heavy (non-hydrogen) atoms. The highest BCUT2D eigenvalue weighted by Gasteiger charge is 2.21. The van der Waals surface area contributed by atoms with E-state index in [0.29, 0.717) is 17.3 Å². The molecule has 0 radical (unpaired) electrons. The second kappa shape index (κ2) is 7.64. The van der Waals surface area contributed by atoms with Gasteiger partial charge in [0, 0.05) is 14.7 Å². The van der Waals surface area contributed by atoms with Crippen LogP contribution in [0.5, 0.6) is 0 Å². The number of hydrogen-bond donors (Lipinski definition) is 1. The summed E-state index contributed by atoms with van der Waals surface area (Å²) in [7, 11) is -1.13. The highest BCUT2D eigenvalue weighted by Crippen LogP contribution is 2.34. The summed E-state index contributed by atoms with van der Waals surface area (Å²) in [5, 5.41) is 26.6. The molecule has 130 valence electrons. The van der Waals surface area contributed by atoms with E-state index in [1.807, 2.05) is 0 Å². The topological polar surface area (TPSA) is 116 Å². The highest BCUT2D eigenvalue weighted by molar-refractivity contribution is 7.19. The molecule has 0 spiro atoms.